The normalized spacial score (nSPS) is 10.1. The fourth-order valence-corrected chi connectivity index (χ4v) is 2.43. The first-order valence-electron chi connectivity index (χ1n) is 7.50. The lowest BCUT2D eigenvalue weighted by Gasteiger charge is -2.21. The highest BCUT2D eigenvalue weighted by Gasteiger charge is 2.17. The van der Waals surface area contributed by atoms with E-state index in [1.807, 2.05) is 0 Å². The Hall–Kier alpha value is -2.73. The van der Waals surface area contributed by atoms with Crippen molar-refractivity contribution in [1.82, 2.24) is 0 Å². The Morgan fingerprint density at radius 3 is 2.32 bits per heavy atom. The van der Waals surface area contributed by atoms with E-state index >= 15 is 0 Å². The maximum atomic E-state index is 12.4. The zero-order valence-corrected chi connectivity index (χ0v) is 15.0. The summed E-state index contributed by atoms with van der Waals surface area (Å²) in [5.41, 5.74) is 1.04. The molecular weight excluding hydrogens is 344 g/mol. The second-order valence-electron chi connectivity index (χ2n) is 5.20. The van der Waals surface area contributed by atoms with Gasteiger partial charge in [-0.2, -0.15) is 0 Å². The molecule has 0 atom stereocenters. The van der Waals surface area contributed by atoms with Crippen LogP contribution in [-0.2, 0) is 9.59 Å². The Labute approximate surface area is 151 Å². The van der Waals surface area contributed by atoms with Crippen LogP contribution < -0.4 is 19.7 Å². The van der Waals surface area contributed by atoms with Crippen molar-refractivity contribution in [1.29, 1.82) is 0 Å². The summed E-state index contributed by atoms with van der Waals surface area (Å²) in [6.45, 7) is 1.26. The SMILES string of the molecule is COc1ccc(N(CC(=O)Nc2cc(Cl)ccc2OC)C(C)=O)cc1. The molecule has 132 valence electrons. The van der Waals surface area contributed by atoms with Gasteiger partial charge in [-0.15, -0.1) is 0 Å². The maximum Gasteiger partial charge on any atom is 0.244 e. The molecule has 0 unspecified atom stereocenters. The lowest BCUT2D eigenvalue weighted by atomic mass is 10.2. The number of amides is 2. The number of ether oxygens (including phenoxy) is 2. The average molecular weight is 363 g/mol. The maximum absolute atomic E-state index is 12.4. The van der Waals surface area contributed by atoms with E-state index in [4.69, 9.17) is 21.1 Å². The Kier molecular flexibility index (Phi) is 6.25. The molecule has 2 rings (SSSR count). The molecule has 0 saturated carbocycles. The number of hydrogen-bond donors (Lipinski definition) is 1. The highest BCUT2D eigenvalue weighted by Crippen LogP contribution is 2.28. The Morgan fingerprint density at radius 1 is 1.08 bits per heavy atom. The molecule has 0 radical (unpaired) electrons. The molecule has 0 aliphatic heterocycles. The molecule has 2 aromatic rings. The fraction of sp³-hybridized carbons (Fsp3) is 0.222. The molecule has 0 fully saturated rings. The molecule has 2 amide bonds. The second-order valence-corrected chi connectivity index (χ2v) is 5.63. The Morgan fingerprint density at radius 2 is 1.76 bits per heavy atom. The number of hydrogen-bond acceptors (Lipinski definition) is 4. The van der Waals surface area contributed by atoms with Gasteiger partial charge in [0.25, 0.3) is 0 Å². The van der Waals surface area contributed by atoms with Gasteiger partial charge in [0.05, 0.1) is 19.9 Å². The van der Waals surface area contributed by atoms with Gasteiger partial charge in [0.1, 0.15) is 18.0 Å². The fourth-order valence-electron chi connectivity index (χ4n) is 2.26. The number of rotatable bonds is 6. The number of nitrogens with zero attached hydrogens (tertiary/aromatic N) is 1. The Bertz CT molecular complexity index is 762. The number of methoxy groups -OCH3 is 2. The van der Waals surface area contributed by atoms with Crippen molar-refractivity contribution in [3.05, 3.63) is 47.5 Å². The largest absolute Gasteiger partial charge is 0.497 e. The van der Waals surface area contributed by atoms with Gasteiger partial charge in [0, 0.05) is 17.6 Å². The molecular formula is C18H19ClN2O4. The first-order valence-corrected chi connectivity index (χ1v) is 7.88. The number of benzene rings is 2. The predicted octanol–water partition coefficient (Wildman–Crippen LogP) is 3.35. The third-order valence-electron chi connectivity index (χ3n) is 3.50. The van der Waals surface area contributed by atoms with Crippen LogP contribution in [0.1, 0.15) is 6.92 Å². The summed E-state index contributed by atoms with van der Waals surface area (Å²) in [5.74, 6) is 0.530. The van der Waals surface area contributed by atoms with Crippen LogP contribution in [0.15, 0.2) is 42.5 Å². The van der Waals surface area contributed by atoms with Crippen LogP contribution in [0.3, 0.4) is 0 Å². The third-order valence-corrected chi connectivity index (χ3v) is 3.74. The predicted molar refractivity (Wildman–Crippen MR) is 97.7 cm³/mol. The minimum Gasteiger partial charge on any atom is -0.497 e. The minimum absolute atomic E-state index is 0.142. The summed E-state index contributed by atoms with van der Waals surface area (Å²) in [7, 11) is 3.06. The number of nitrogens with one attached hydrogen (secondary N) is 1. The van der Waals surface area contributed by atoms with E-state index in [0.29, 0.717) is 27.9 Å². The minimum atomic E-state index is -0.369. The van der Waals surface area contributed by atoms with E-state index in [2.05, 4.69) is 5.32 Å². The molecule has 6 nitrogen and oxygen atoms in total. The van der Waals surface area contributed by atoms with Gasteiger partial charge < -0.3 is 19.7 Å². The molecule has 2 aromatic carbocycles. The second kappa shape index (κ2) is 8.39. The zero-order chi connectivity index (χ0) is 18.4. The molecule has 7 heteroatoms. The van der Waals surface area contributed by atoms with Gasteiger partial charge in [-0.1, -0.05) is 11.6 Å². The molecule has 0 spiro atoms. The summed E-state index contributed by atoms with van der Waals surface area (Å²) in [6.07, 6.45) is 0. The van der Waals surface area contributed by atoms with Crippen molar-refractivity contribution in [3.8, 4) is 11.5 Å². The van der Waals surface area contributed by atoms with Gasteiger partial charge in [0.15, 0.2) is 0 Å². The molecule has 0 aromatic heterocycles. The van der Waals surface area contributed by atoms with Crippen LogP contribution in [0.25, 0.3) is 0 Å². The van der Waals surface area contributed by atoms with Crippen molar-refractivity contribution in [2.24, 2.45) is 0 Å². The van der Waals surface area contributed by atoms with Gasteiger partial charge >= 0.3 is 0 Å². The highest BCUT2D eigenvalue weighted by molar-refractivity contribution is 6.31. The number of carbonyl (C=O) groups is 2. The molecule has 0 heterocycles. The smallest absolute Gasteiger partial charge is 0.244 e. The van der Waals surface area contributed by atoms with Gasteiger partial charge in [-0.3, -0.25) is 9.59 Å². The van der Waals surface area contributed by atoms with Crippen LogP contribution in [-0.4, -0.2) is 32.6 Å². The number of anilines is 2. The van der Waals surface area contributed by atoms with Crippen molar-refractivity contribution < 1.29 is 19.1 Å². The number of halogens is 1. The van der Waals surface area contributed by atoms with Gasteiger partial charge in [0.2, 0.25) is 11.8 Å². The van der Waals surface area contributed by atoms with E-state index in [0.717, 1.165) is 0 Å². The van der Waals surface area contributed by atoms with Crippen LogP contribution in [0.2, 0.25) is 5.02 Å². The van der Waals surface area contributed by atoms with Crippen LogP contribution in [0.5, 0.6) is 11.5 Å². The summed E-state index contributed by atoms with van der Waals surface area (Å²) < 4.78 is 10.3. The van der Waals surface area contributed by atoms with E-state index in [1.165, 1.54) is 18.9 Å². The summed E-state index contributed by atoms with van der Waals surface area (Å²) >= 11 is 5.95. The highest BCUT2D eigenvalue weighted by atomic mass is 35.5. The third kappa shape index (κ3) is 4.87. The van der Waals surface area contributed by atoms with E-state index in [1.54, 1.807) is 49.6 Å². The topological polar surface area (TPSA) is 67.9 Å². The van der Waals surface area contributed by atoms with Crippen LogP contribution >= 0.6 is 11.6 Å². The van der Waals surface area contributed by atoms with Crippen molar-refractivity contribution >= 4 is 34.8 Å². The molecule has 25 heavy (non-hydrogen) atoms. The summed E-state index contributed by atoms with van der Waals surface area (Å²) in [5, 5.41) is 3.18. The van der Waals surface area contributed by atoms with Gasteiger partial charge in [-0.25, -0.2) is 0 Å². The average Bonchev–Trinajstić information content (AvgIpc) is 2.60. The van der Waals surface area contributed by atoms with E-state index in [9.17, 15) is 9.59 Å². The van der Waals surface area contributed by atoms with E-state index < -0.39 is 0 Å². The molecule has 0 bridgehead atoms. The van der Waals surface area contributed by atoms with Crippen LogP contribution in [0.4, 0.5) is 11.4 Å². The Balaban J connectivity index is 2.15. The van der Waals surface area contributed by atoms with Crippen molar-refractivity contribution in [2.75, 3.05) is 31.0 Å². The van der Waals surface area contributed by atoms with Crippen LogP contribution in [0, 0.1) is 0 Å². The first-order chi connectivity index (χ1) is 11.9. The molecule has 0 saturated heterocycles. The van der Waals surface area contributed by atoms with Gasteiger partial charge in [-0.05, 0) is 42.5 Å². The lowest BCUT2D eigenvalue weighted by Crippen LogP contribution is -2.36. The molecule has 1 N–H and O–H groups in total. The summed E-state index contributed by atoms with van der Waals surface area (Å²) in [4.78, 5) is 25.7. The van der Waals surface area contributed by atoms with Crippen molar-refractivity contribution in [3.63, 3.8) is 0 Å². The molecule has 0 aliphatic rings. The first kappa shape index (κ1) is 18.6. The standard InChI is InChI=1S/C18H19ClN2O4/c1-12(22)21(14-5-7-15(24-2)8-6-14)11-18(23)20-16-10-13(19)4-9-17(16)25-3/h4-10H,11H2,1-3H3,(H,20,23). The lowest BCUT2D eigenvalue weighted by molar-refractivity contribution is -0.120. The summed E-state index contributed by atoms with van der Waals surface area (Å²) in [6, 6.07) is 11.8. The zero-order valence-electron chi connectivity index (χ0n) is 14.2. The number of carbonyl (C=O) groups excluding carboxylic acids is 2. The quantitative estimate of drug-likeness (QED) is 0.855. The monoisotopic (exact) mass is 362 g/mol. The molecule has 0 aliphatic carbocycles. The van der Waals surface area contributed by atoms with Crippen molar-refractivity contribution in [2.45, 2.75) is 6.92 Å². The van der Waals surface area contributed by atoms with E-state index in [-0.39, 0.29) is 18.4 Å².